The smallest absolute Gasteiger partial charge is 0.112 e. The summed E-state index contributed by atoms with van der Waals surface area (Å²) in [5, 5.41) is 3.46. The molecule has 0 radical (unpaired) electrons. The van der Waals surface area contributed by atoms with Crippen molar-refractivity contribution in [1.82, 2.24) is 14.9 Å². The van der Waals surface area contributed by atoms with Crippen molar-refractivity contribution >= 4 is 0 Å². The number of fused-ring (bicyclic) bond motifs is 1. The summed E-state index contributed by atoms with van der Waals surface area (Å²) >= 11 is 0. The van der Waals surface area contributed by atoms with Crippen LogP contribution in [0, 0.1) is 0 Å². The van der Waals surface area contributed by atoms with E-state index >= 15 is 0 Å². The Hall–Kier alpha value is -0.830. The lowest BCUT2D eigenvalue weighted by Gasteiger charge is -2.19. The number of hydrogen-bond donors (Lipinski definition) is 1. The van der Waals surface area contributed by atoms with Crippen molar-refractivity contribution in [3.05, 3.63) is 17.2 Å². The first-order chi connectivity index (χ1) is 6.77. The fraction of sp³-hybridized carbons (Fsp3) is 0.727. The average molecular weight is 191 g/mol. The van der Waals surface area contributed by atoms with Crippen molar-refractivity contribution in [2.75, 3.05) is 6.54 Å². The minimum absolute atomic E-state index is 0.442. The van der Waals surface area contributed by atoms with Gasteiger partial charge in [0.1, 0.15) is 5.82 Å². The molecular weight excluding hydrogens is 174 g/mol. The maximum absolute atomic E-state index is 4.79. The maximum atomic E-state index is 4.79. The number of hydrogen-bond acceptors (Lipinski definition) is 2. The lowest BCUT2D eigenvalue weighted by atomic mass is 10.1. The molecule has 1 aromatic heterocycles. The summed E-state index contributed by atoms with van der Waals surface area (Å²) in [5.74, 6) is 2.09. The first-order valence-electron chi connectivity index (χ1n) is 5.56. The van der Waals surface area contributed by atoms with Gasteiger partial charge in [-0.05, 0) is 19.8 Å². The second-order valence-electron chi connectivity index (χ2n) is 4.56. The van der Waals surface area contributed by atoms with Gasteiger partial charge in [0.15, 0.2) is 0 Å². The molecule has 1 N–H and O–H groups in total. The van der Waals surface area contributed by atoms with E-state index in [1.807, 2.05) is 0 Å². The van der Waals surface area contributed by atoms with Crippen LogP contribution in [0.15, 0.2) is 0 Å². The standard InChI is InChI=1S/C11H17N3/c1-7-10-9(5-6-12-7)14(2)11(13-10)8-3-4-8/h7-8,12H,3-6H2,1-2H3. The van der Waals surface area contributed by atoms with Gasteiger partial charge in [-0.2, -0.15) is 0 Å². The molecule has 0 amide bonds. The van der Waals surface area contributed by atoms with Gasteiger partial charge in [-0.25, -0.2) is 4.98 Å². The van der Waals surface area contributed by atoms with Crippen LogP contribution in [0.5, 0.6) is 0 Å². The number of nitrogens with zero attached hydrogens (tertiary/aromatic N) is 2. The summed E-state index contributed by atoms with van der Waals surface area (Å²) in [4.78, 5) is 4.79. The Kier molecular flexibility index (Phi) is 1.71. The van der Waals surface area contributed by atoms with E-state index in [1.165, 1.54) is 30.1 Å². The van der Waals surface area contributed by atoms with Crippen LogP contribution in [0.1, 0.15) is 48.9 Å². The molecule has 1 unspecified atom stereocenters. The first kappa shape index (κ1) is 8.48. The molecule has 1 fully saturated rings. The molecule has 76 valence electrons. The molecule has 1 aromatic rings. The number of imidazole rings is 1. The van der Waals surface area contributed by atoms with Crippen LogP contribution in [0.3, 0.4) is 0 Å². The lowest BCUT2D eigenvalue weighted by Crippen LogP contribution is -2.28. The predicted octanol–water partition coefficient (Wildman–Crippen LogP) is 1.50. The van der Waals surface area contributed by atoms with Gasteiger partial charge in [-0.15, -0.1) is 0 Å². The van der Waals surface area contributed by atoms with E-state index in [1.54, 1.807) is 0 Å². The fourth-order valence-electron chi connectivity index (χ4n) is 2.43. The number of nitrogens with one attached hydrogen (secondary N) is 1. The third-order valence-corrected chi connectivity index (χ3v) is 3.44. The third kappa shape index (κ3) is 1.12. The highest BCUT2D eigenvalue weighted by Crippen LogP contribution is 2.40. The lowest BCUT2D eigenvalue weighted by molar-refractivity contribution is 0.519. The van der Waals surface area contributed by atoms with Crippen molar-refractivity contribution < 1.29 is 0 Å². The number of rotatable bonds is 1. The summed E-state index contributed by atoms with van der Waals surface area (Å²) in [6.07, 6.45) is 3.81. The van der Waals surface area contributed by atoms with Gasteiger partial charge < -0.3 is 9.88 Å². The van der Waals surface area contributed by atoms with Crippen LogP contribution in [0.4, 0.5) is 0 Å². The zero-order valence-electron chi connectivity index (χ0n) is 8.88. The second-order valence-corrected chi connectivity index (χ2v) is 4.56. The fourth-order valence-corrected chi connectivity index (χ4v) is 2.43. The van der Waals surface area contributed by atoms with Gasteiger partial charge in [0.2, 0.25) is 0 Å². The summed E-state index contributed by atoms with van der Waals surface area (Å²) in [6.45, 7) is 3.31. The molecule has 14 heavy (non-hydrogen) atoms. The van der Waals surface area contributed by atoms with Crippen LogP contribution in [0.2, 0.25) is 0 Å². The topological polar surface area (TPSA) is 29.9 Å². The monoisotopic (exact) mass is 191 g/mol. The molecule has 0 spiro atoms. The molecule has 1 aliphatic carbocycles. The quantitative estimate of drug-likeness (QED) is 0.729. The highest BCUT2D eigenvalue weighted by molar-refractivity contribution is 5.26. The first-order valence-corrected chi connectivity index (χ1v) is 5.56. The molecule has 1 atom stereocenters. The SMILES string of the molecule is CC1NCCc2c1nc(C1CC1)n2C. The van der Waals surface area contributed by atoms with Gasteiger partial charge in [0, 0.05) is 37.7 Å². The van der Waals surface area contributed by atoms with E-state index < -0.39 is 0 Å². The Labute approximate surface area is 84.5 Å². The Morgan fingerprint density at radius 2 is 2.21 bits per heavy atom. The molecule has 2 heterocycles. The van der Waals surface area contributed by atoms with Gasteiger partial charge >= 0.3 is 0 Å². The second kappa shape index (κ2) is 2.83. The Bertz CT molecular complexity index is 363. The minimum atomic E-state index is 0.442. The van der Waals surface area contributed by atoms with Crippen molar-refractivity contribution in [1.29, 1.82) is 0 Å². The molecular formula is C11H17N3. The predicted molar refractivity (Wildman–Crippen MR) is 55.3 cm³/mol. The van der Waals surface area contributed by atoms with Crippen LogP contribution < -0.4 is 5.32 Å². The van der Waals surface area contributed by atoms with E-state index in [4.69, 9.17) is 4.98 Å². The van der Waals surface area contributed by atoms with Gasteiger partial charge in [0.05, 0.1) is 5.69 Å². The van der Waals surface area contributed by atoms with E-state index in [2.05, 4.69) is 23.9 Å². The molecule has 3 rings (SSSR count). The average Bonchev–Trinajstić information content (AvgIpc) is 2.94. The molecule has 0 bridgehead atoms. The summed E-state index contributed by atoms with van der Waals surface area (Å²) < 4.78 is 2.34. The minimum Gasteiger partial charge on any atom is -0.334 e. The van der Waals surface area contributed by atoms with Crippen LogP contribution in [-0.4, -0.2) is 16.1 Å². The van der Waals surface area contributed by atoms with Crippen LogP contribution >= 0.6 is 0 Å². The van der Waals surface area contributed by atoms with E-state index in [0.29, 0.717) is 6.04 Å². The van der Waals surface area contributed by atoms with Crippen LogP contribution in [-0.2, 0) is 13.5 Å². The zero-order chi connectivity index (χ0) is 9.71. The summed E-state index contributed by atoms with van der Waals surface area (Å²) in [7, 11) is 2.18. The van der Waals surface area contributed by atoms with Crippen molar-refractivity contribution in [2.24, 2.45) is 7.05 Å². The highest BCUT2D eigenvalue weighted by atomic mass is 15.1. The molecule has 3 heteroatoms. The van der Waals surface area contributed by atoms with Gasteiger partial charge in [-0.1, -0.05) is 0 Å². The molecule has 1 aliphatic heterocycles. The number of aromatic nitrogens is 2. The maximum Gasteiger partial charge on any atom is 0.112 e. The Balaban J connectivity index is 2.08. The Morgan fingerprint density at radius 1 is 1.43 bits per heavy atom. The molecule has 0 aromatic carbocycles. The van der Waals surface area contributed by atoms with E-state index in [0.717, 1.165) is 18.9 Å². The molecule has 2 aliphatic rings. The third-order valence-electron chi connectivity index (χ3n) is 3.44. The molecule has 3 nitrogen and oxygen atoms in total. The largest absolute Gasteiger partial charge is 0.334 e. The summed E-state index contributed by atoms with van der Waals surface area (Å²) in [5.41, 5.74) is 2.75. The highest BCUT2D eigenvalue weighted by Gasteiger charge is 2.31. The van der Waals surface area contributed by atoms with Gasteiger partial charge in [-0.3, -0.25) is 0 Å². The van der Waals surface area contributed by atoms with Crippen molar-refractivity contribution in [3.63, 3.8) is 0 Å². The molecule has 0 saturated heterocycles. The van der Waals surface area contributed by atoms with Gasteiger partial charge in [0.25, 0.3) is 0 Å². The van der Waals surface area contributed by atoms with Crippen LogP contribution in [0.25, 0.3) is 0 Å². The normalized spacial score (nSPS) is 26.3. The Morgan fingerprint density at radius 3 is 2.86 bits per heavy atom. The molecule has 1 saturated carbocycles. The summed E-state index contributed by atoms with van der Waals surface area (Å²) in [6, 6.07) is 0.442. The van der Waals surface area contributed by atoms with Crippen molar-refractivity contribution in [2.45, 2.75) is 38.1 Å². The van der Waals surface area contributed by atoms with E-state index in [9.17, 15) is 0 Å². The zero-order valence-corrected chi connectivity index (χ0v) is 8.88. The van der Waals surface area contributed by atoms with Crippen molar-refractivity contribution in [3.8, 4) is 0 Å². The van der Waals surface area contributed by atoms with E-state index in [-0.39, 0.29) is 0 Å².